The molecule has 0 spiro atoms. The van der Waals surface area contributed by atoms with E-state index in [9.17, 15) is 10.1 Å². The fourth-order valence-electron chi connectivity index (χ4n) is 3.89. The number of hydrogen-bond acceptors (Lipinski definition) is 7. The van der Waals surface area contributed by atoms with Crippen molar-refractivity contribution < 1.29 is 23.7 Å². The second kappa shape index (κ2) is 7.12. The normalized spacial score (nSPS) is 20.9. The molecule has 0 saturated carbocycles. The maximum Gasteiger partial charge on any atom is 0.205 e. The van der Waals surface area contributed by atoms with Crippen LogP contribution in [-0.2, 0) is 9.53 Å². The van der Waals surface area contributed by atoms with E-state index in [1.54, 1.807) is 12.1 Å². The molecule has 1 heterocycles. The third kappa shape index (κ3) is 3.15. The molecular formula is C21H24N2O5. The van der Waals surface area contributed by atoms with Gasteiger partial charge in [0.05, 0.1) is 27.2 Å². The van der Waals surface area contributed by atoms with Crippen LogP contribution >= 0.6 is 0 Å². The zero-order chi connectivity index (χ0) is 20.6. The van der Waals surface area contributed by atoms with E-state index in [0.29, 0.717) is 47.0 Å². The molecule has 28 heavy (non-hydrogen) atoms. The number of ether oxygens (including phenoxy) is 4. The van der Waals surface area contributed by atoms with Gasteiger partial charge in [-0.05, 0) is 5.41 Å². The first-order chi connectivity index (χ1) is 13.3. The zero-order valence-electron chi connectivity index (χ0n) is 16.7. The lowest BCUT2D eigenvalue weighted by atomic mass is 9.70. The quantitative estimate of drug-likeness (QED) is 0.850. The van der Waals surface area contributed by atoms with Gasteiger partial charge in [-0.1, -0.05) is 13.8 Å². The lowest BCUT2D eigenvalue weighted by molar-refractivity contribution is -0.119. The zero-order valence-corrected chi connectivity index (χ0v) is 16.7. The van der Waals surface area contributed by atoms with Gasteiger partial charge in [-0.15, -0.1) is 0 Å². The SMILES string of the molecule is COc1cc(OC)c(C2C(C#N)=C(N)OC3=C2C(=O)CC(C)(C)C3)c(OC)c1. The highest BCUT2D eigenvalue weighted by molar-refractivity contribution is 6.00. The molecule has 0 amide bonds. The first-order valence-electron chi connectivity index (χ1n) is 8.90. The lowest BCUT2D eigenvalue weighted by Gasteiger charge is -2.37. The van der Waals surface area contributed by atoms with Crippen LogP contribution < -0.4 is 19.9 Å². The smallest absolute Gasteiger partial charge is 0.205 e. The van der Waals surface area contributed by atoms with Crippen molar-refractivity contribution in [2.24, 2.45) is 11.1 Å². The van der Waals surface area contributed by atoms with Gasteiger partial charge in [0.25, 0.3) is 0 Å². The summed E-state index contributed by atoms with van der Waals surface area (Å²) in [6.07, 6.45) is 0.899. The number of rotatable bonds is 4. The van der Waals surface area contributed by atoms with E-state index >= 15 is 0 Å². The maximum atomic E-state index is 13.1. The van der Waals surface area contributed by atoms with Gasteiger partial charge in [-0.3, -0.25) is 4.79 Å². The van der Waals surface area contributed by atoms with Crippen molar-refractivity contribution in [2.75, 3.05) is 21.3 Å². The molecule has 2 N–H and O–H groups in total. The Labute approximate surface area is 164 Å². The van der Waals surface area contributed by atoms with Crippen LogP contribution in [0.3, 0.4) is 0 Å². The molecule has 7 heteroatoms. The molecule has 7 nitrogen and oxygen atoms in total. The monoisotopic (exact) mass is 384 g/mol. The number of benzene rings is 1. The van der Waals surface area contributed by atoms with E-state index in [0.717, 1.165) is 0 Å². The van der Waals surface area contributed by atoms with Gasteiger partial charge >= 0.3 is 0 Å². The van der Waals surface area contributed by atoms with E-state index in [-0.39, 0.29) is 22.7 Å². The molecule has 1 aromatic carbocycles. The molecule has 1 aliphatic carbocycles. The van der Waals surface area contributed by atoms with Crippen molar-refractivity contribution >= 4 is 5.78 Å². The van der Waals surface area contributed by atoms with Crippen molar-refractivity contribution in [3.8, 4) is 23.3 Å². The van der Waals surface area contributed by atoms with Gasteiger partial charge in [0, 0.05) is 36.1 Å². The Bertz CT molecular complexity index is 912. The Morgan fingerprint density at radius 3 is 2.25 bits per heavy atom. The van der Waals surface area contributed by atoms with Crippen molar-refractivity contribution in [3.05, 3.63) is 40.5 Å². The summed E-state index contributed by atoms with van der Waals surface area (Å²) in [6.45, 7) is 4.00. The minimum atomic E-state index is -0.729. The van der Waals surface area contributed by atoms with Crippen LogP contribution in [0.25, 0.3) is 0 Å². The van der Waals surface area contributed by atoms with Gasteiger partial charge in [-0.25, -0.2) is 0 Å². The predicted octanol–water partition coefficient (Wildman–Crippen LogP) is 3.16. The van der Waals surface area contributed by atoms with Crippen LogP contribution in [0.5, 0.6) is 17.2 Å². The number of hydrogen-bond donors (Lipinski definition) is 1. The lowest BCUT2D eigenvalue weighted by Crippen LogP contribution is -2.33. The Balaban J connectivity index is 2.31. The Morgan fingerprint density at radius 1 is 1.14 bits per heavy atom. The average Bonchev–Trinajstić information content (AvgIpc) is 2.64. The molecule has 1 aliphatic heterocycles. The summed E-state index contributed by atoms with van der Waals surface area (Å²) < 4.78 is 22.2. The number of allylic oxidation sites excluding steroid dienone is 3. The fraction of sp³-hybridized carbons (Fsp3) is 0.429. The second-order valence-corrected chi connectivity index (χ2v) is 7.65. The number of nitrogens with zero attached hydrogens (tertiary/aromatic N) is 1. The summed E-state index contributed by atoms with van der Waals surface area (Å²) in [4.78, 5) is 13.1. The van der Waals surface area contributed by atoms with E-state index in [2.05, 4.69) is 6.07 Å². The summed E-state index contributed by atoms with van der Waals surface area (Å²) in [6, 6.07) is 5.49. The predicted molar refractivity (Wildman–Crippen MR) is 102 cm³/mol. The van der Waals surface area contributed by atoms with Crippen LogP contribution in [0.4, 0.5) is 0 Å². The highest BCUT2D eigenvalue weighted by atomic mass is 16.5. The van der Waals surface area contributed by atoms with E-state index in [4.69, 9.17) is 24.7 Å². The molecule has 0 fully saturated rings. The number of carbonyl (C=O) groups is 1. The maximum absolute atomic E-state index is 13.1. The highest BCUT2D eigenvalue weighted by Crippen LogP contribution is 2.52. The van der Waals surface area contributed by atoms with E-state index in [1.807, 2.05) is 13.8 Å². The largest absolute Gasteiger partial charge is 0.496 e. The molecule has 1 unspecified atom stereocenters. The number of nitrogens with two attached hydrogens (primary N) is 1. The van der Waals surface area contributed by atoms with Crippen LogP contribution in [0.1, 0.15) is 38.2 Å². The molecule has 2 aliphatic rings. The fourth-order valence-corrected chi connectivity index (χ4v) is 3.89. The van der Waals surface area contributed by atoms with Gasteiger partial charge in [0.1, 0.15) is 34.7 Å². The average molecular weight is 384 g/mol. The first-order valence-corrected chi connectivity index (χ1v) is 8.90. The Morgan fingerprint density at radius 2 is 1.75 bits per heavy atom. The van der Waals surface area contributed by atoms with Crippen LogP contribution in [0.2, 0.25) is 0 Å². The van der Waals surface area contributed by atoms with Gasteiger partial charge in [-0.2, -0.15) is 5.26 Å². The molecule has 1 atom stereocenters. The first kappa shape index (κ1) is 19.6. The second-order valence-electron chi connectivity index (χ2n) is 7.65. The van der Waals surface area contributed by atoms with Crippen LogP contribution in [0.15, 0.2) is 34.9 Å². The summed E-state index contributed by atoms with van der Waals surface area (Å²) in [7, 11) is 4.56. The van der Waals surface area contributed by atoms with Crippen molar-refractivity contribution in [2.45, 2.75) is 32.6 Å². The van der Waals surface area contributed by atoms with Crippen molar-refractivity contribution in [3.63, 3.8) is 0 Å². The van der Waals surface area contributed by atoms with Crippen LogP contribution in [0, 0.1) is 16.7 Å². The molecule has 0 radical (unpaired) electrons. The van der Waals surface area contributed by atoms with E-state index < -0.39 is 5.92 Å². The van der Waals surface area contributed by atoms with Gasteiger partial charge in [0.15, 0.2) is 5.78 Å². The molecule has 0 saturated heterocycles. The molecule has 3 rings (SSSR count). The minimum absolute atomic E-state index is 0.00308. The number of carbonyl (C=O) groups excluding carboxylic acids is 1. The topological polar surface area (TPSA) is 104 Å². The summed E-state index contributed by atoms with van der Waals surface area (Å²) >= 11 is 0. The molecule has 0 aromatic heterocycles. The Hall–Kier alpha value is -3.14. The Kier molecular flexibility index (Phi) is 4.99. The number of nitriles is 1. The molecule has 0 bridgehead atoms. The standard InChI is InChI=1S/C21H24N2O5/c1-21(2)8-13(24)18-16(9-21)28-20(23)12(10-22)17(18)19-14(26-4)6-11(25-3)7-15(19)27-5/h6-7,17H,8-9,23H2,1-5H3. The molecular weight excluding hydrogens is 360 g/mol. The van der Waals surface area contributed by atoms with Gasteiger partial charge in [0.2, 0.25) is 5.88 Å². The van der Waals surface area contributed by atoms with E-state index in [1.165, 1.54) is 21.3 Å². The highest BCUT2D eigenvalue weighted by Gasteiger charge is 2.44. The number of Topliss-reactive ketones (excluding diaryl/α,β-unsaturated/α-hetero) is 1. The minimum Gasteiger partial charge on any atom is -0.496 e. The number of methoxy groups -OCH3 is 3. The molecule has 1 aromatic rings. The number of ketones is 1. The van der Waals surface area contributed by atoms with Crippen LogP contribution in [-0.4, -0.2) is 27.1 Å². The summed E-state index contributed by atoms with van der Waals surface area (Å²) in [5.41, 5.74) is 6.98. The summed E-state index contributed by atoms with van der Waals surface area (Å²) in [5, 5.41) is 9.79. The van der Waals surface area contributed by atoms with Crippen molar-refractivity contribution in [1.29, 1.82) is 5.26 Å². The van der Waals surface area contributed by atoms with Crippen molar-refractivity contribution in [1.82, 2.24) is 0 Å². The third-order valence-corrected chi connectivity index (χ3v) is 5.12. The van der Waals surface area contributed by atoms with Gasteiger partial charge < -0.3 is 24.7 Å². The summed E-state index contributed by atoms with van der Waals surface area (Å²) in [5.74, 6) is 1.11. The molecule has 148 valence electrons. The third-order valence-electron chi connectivity index (χ3n) is 5.12.